The Balaban J connectivity index is 2.35. The molecule has 0 aliphatic carbocycles. The normalized spacial score (nSPS) is 13.1. The third-order valence-electron chi connectivity index (χ3n) is 2.12. The minimum absolute atomic E-state index is 0.515. The summed E-state index contributed by atoms with van der Waals surface area (Å²) in [7, 11) is 0. The van der Waals surface area contributed by atoms with Crippen molar-refractivity contribution in [1.29, 1.82) is 0 Å². The summed E-state index contributed by atoms with van der Waals surface area (Å²) in [4.78, 5) is 0. The quantitative estimate of drug-likeness (QED) is 0.742. The van der Waals surface area contributed by atoms with Gasteiger partial charge in [-0.15, -0.1) is 10.2 Å². The molecule has 0 saturated carbocycles. The summed E-state index contributed by atoms with van der Waals surface area (Å²) in [5, 5.41) is 9.51. The highest BCUT2D eigenvalue weighted by molar-refractivity contribution is 7.15. The predicted molar refractivity (Wildman–Crippen MR) is 56.9 cm³/mol. The lowest BCUT2D eigenvalue weighted by Gasteiger charge is -2.05. The van der Waals surface area contributed by atoms with Crippen molar-refractivity contribution in [2.45, 2.75) is 45.4 Å². The minimum Gasteiger partial charge on any atom is -0.374 e. The second-order valence-corrected chi connectivity index (χ2v) is 4.42. The van der Waals surface area contributed by atoms with E-state index in [1.54, 1.807) is 0 Å². The van der Waals surface area contributed by atoms with Crippen molar-refractivity contribution < 1.29 is 0 Å². The lowest BCUT2D eigenvalue weighted by Crippen LogP contribution is -1.92. The number of nitrogens with two attached hydrogens (primary N) is 1. The van der Waals surface area contributed by atoms with Crippen LogP contribution in [0.25, 0.3) is 0 Å². The van der Waals surface area contributed by atoms with Crippen molar-refractivity contribution in [2.24, 2.45) is 0 Å². The highest BCUT2D eigenvalue weighted by Crippen LogP contribution is 2.25. The standard InChI is InChI=1S/C9H17N3S/c1-3-4-5-6-7(2)8-11-12-9(10)13-8/h7H,3-6H2,1-2H3,(H2,10,12). The zero-order chi connectivity index (χ0) is 9.68. The fourth-order valence-corrected chi connectivity index (χ4v) is 1.97. The largest absolute Gasteiger partial charge is 0.374 e. The molecule has 74 valence electrons. The van der Waals surface area contributed by atoms with Gasteiger partial charge in [0, 0.05) is 5.92 Å². The van der Waals surface area contributed by atoms with E-state index in [4.69, 9.17) is 5.73 Å². The van der Waals surface area contributed by atoms with Crippen molar-refractivity contribution in [1.82, 2.24) is 10.2 Å². The summed E-state index contributed by atoms with van der Waals surface area (Å²) in [6.07, 6.45) is 5.04. The summed E-state index contributed by atoms with van der Waals surface area (Å²) in [5.41, 5.74) is 5.52. The van der Waals surface area contributed by atoms with E-state index in [-0.39, 0.29) is 0 Å². The first kappa shape index (κ1) is 10.4. The first-order valence-corrected chi connectivity index (χ1v) is 5.64. The molecular formula is C9H17N3S. The fourth-order valence-electron chi connectivity index (χ4n) is 1.27. The van der Waals surface area contributed by atoms with Crippen LogP contribution < -0.4 is 5.73 Å². The molecule has 1 unspecified atom stereocenters. The van der Waals surface area contributed by atoms with Crippen LogP contribution in [0.5, 0.6) is 0 Å². The van der Waals surface area contributed by atoms with E-state index in [0.29, 0.717) is 11.0 Å². The van der Waals surface area contributed by atoms with Gasteiger partial charge in [0.15, 0.2) is 0 Å². The van der Waals surface area contributed by atoms with E-state index in [1.807, 2.05) is 0 Å². The Morgan fingerprint density at radius 2 is 2.15 bits per heavy atom. The van der Waals surface area contributed by atoms with Crippen molar-refractivity contribution in [3.8, 4) is 0 Å². The third kappa shape index (κ3) is 3.30. The highest BCUT2D eigenvalue weighted by atomic mass is 32.1. The van der Waals surface area contributed by atoms with Crippen LogP contribution in [-0.4, -0.2) is 10.2 Å². The predicted octanol–water partition coefficient (Wildman–Crippen LogP) is 2.80. The number of anilines is 1. The van der Waals surface area contributed by atoms with Crippen LogP contribution in [0.15, 0.2) is 0 Å². The Morgan fingerprint density at radius 1 is 1.38 bits per heavy atom. The van der Waals surface area contributed by atoms with Crippen LogP contribution in [-0.2, 0) is 0 Å². The van der Waals surface area contributed by atoms with Gasteiger partial charge in [-0.3, -0.25) is 0 Å². The lowest BCUT2D eigenvalue weighted by molar-refractivity contribution is 0.592. The molecule has 1 atom stereocenters. The summed E-state index contributed by atoms with van der Waals surface area (Å²) < 4.78 is 0. The molecule has 0 aliphatic rings. The van der Waals surface area contributed by atoms with Crippen LogP contribution in [0.2, 0.25) is 0 Å². The van der Waals surface area contributed by atoms with E-state index in [1.165, 1.54) is 37.0 Å². The summed E-state index contributed by atoms with van der Waals surface area (Å²) in [6, 6.07) is 0. The van der Waals surface area contributed by atoms with Crippen LogP contribution in [0.4, 0.5) is 5.13 Å². The van der Waals surface area contributed by atoms with Gasteiger partial charge < -0.3 is 5.73 Å². The Bertz CT molecular complexity index is 247. The second-order valence-electron chi connectivity index (χ2n) is 3.38. The van der Waals surface area contributed by atoms with E-state index < -0.39 is 0 Å². The van der Waals surface area contributed by atoms with Crippen LogP contribution in [0.1, 0.15) is 50.5 Å². The van der Waals surface area contributed by atoms with Gasteiger partial charge in [-0.1, -0.05) is 44.4 Å². The molecule has 1 aromatic rings. The van der Waals surface area contributed by atoms with Crippen molar-refractivity contribution in [3.63, 3.8) is 0 Å². The molecule has 0 radical (unpaired) electrons. The molecule has 13 heavy (non-hydrogen) atoms. The number of nitrogen functional groups attached to an aromatic ring is 1. The molecule has 0 spiro atoms. The molecule has 2 N–H and O–H groups in total. The number of aromatic nitrogens is 2. The van der Waals surface area contributed by atoms with Crippen molar-refractivity contribution in [3.05, 3.63) is 5.01 Å². The van der Waals surface area contributed by atoms with Gasteiger partial charge in [0.1, 0.15) is 5.01 Å². The van der Waals surface area contributed by atoms with Gasteiger partial charge in [0.2, 0.25) is 5.13 Å². The summed E-state index contributed by atoms with van der Waals surface area (Å²) in [6.45, 7) is 4.41. The Labute approximate surface area is 83.4 Å². The van der Waals surface area contributed by atoms with Crippen LogP contribution in [0.3, 0.4) is 0 Å². The lowest BCUT2D eigenvalue weighted by atomic mass is 10.0. The number of nitrogens with zero attached hydrogens (tertiary/aromatic N) is 2. The second kappa shape index (κ2) is 5.17. The van der Waals surface area contributed by atoms with Gasteiger partial charge in [-0.2, -0.15) is 0 Å². The zero-order valence-corrected chi connectivity index (χ0v) is 9.10. The first-order valence-electron chi connectivity index (χ1n) is 4.83. The van der Waals surface area contributed by atoms with Gasteiger partial charge in [0.05, 0.1) is 0 Å². The number of hydrogen-bond donors (Lipinski definition) is 1. The smallest absolute Gasteiger partial charge is 0.203 e. The summed E-state index contributed by atoms with van der Waals surface area (Å²) in [5.74, 6) is 0.515. The Kier molecular flexibility index (Phi) is 4.15. The molecule has 3 nitrogen and oxygen atoms in total. The zero-order valence-electron chi connectivity index (χ0n) is 8.29. The molecule has 0 aliphatic heterocycles. The molecule has 1 aromatic heterocycles. The Hall–Kier alpha value is -0.640. The maximum absolute atomic E-state index is 5.52. The van der Waals surface area contributed by atoms with E-state index >= 15 is 0 Å². The summed E-state index contributed by atoms with van der Waals surface area (Å²) >= 11 is 1.51. The third-order valence-corrected chi connectivity index (χ3v) is 3.10. The molecule has 1 heterocycles. The molecular weight excluding hydrogens is 182 g/mol. The highest BCUT2D eigenvalue weighted by Gasteiger charge is 2.09. The van der Waals surface area contributed by atoms with Crippen LogP contribution in [0, 0.1) is 0 Å². The molecule has 0 aromatic carbocycles. The van der Waals surface area contributed by atoms with Gasteiger partial charge in [0.25, 0.3) is 0 Å². The van der Waals surface area contributed by atoms with E-state index in [9.17, 15) is 0 Å². The molecule has 0 amide bonds. The van der Waals surface area contributed by atoms with Gasteiger partial charge >= 0.3 is 0 Å². The molecule has 0 fully saturated rings. The number of hydrogen-bond acceptors (Lipinski definition) is 4. The van der Waals surface area contributed by atoms with Gasteiger partial charge in [-0.05, 0) is 6.42 Å². The average Bonchev–Trinajstić information content (AvgIpc) is 2.52. The molecule has 0 saturated heterocycles. The fraction of sp³-hybridized carbons (Fsp3) is 0.778. The van der Waals surface area contributed by atoms with E-state index in [0.717, 1.165) is 5.01 Å². The monoisotopic (exact) mass is 199 g/mol. The van der Waals surface area contributed by atoms with Crippen molar-refractivity contribution >= 4 is 16.5 Å². The maximum atomic E-state index is 5.52. The van der Waals surface area contributed by atoms with Crippen LogP contribution >= 0.6 is 11.3 Å². The average molecular weight is 199 g/mol. The number of unbranched alkanes of at least 4 members (excludes halogenated alkanes) is 2. The molecule has 0 bridgehead atoms. The molecule has 1 rings (SSSR count). The topological polar surface area (TPSA) is 51.8 Å². The Morgan fingerprint density at radius 3 is 2.69 bits per heavy atom. The van der Waals surface area contributed by atoms with Crippen molar-refractivity contribution in [2.75, 3.05) is 5.73 Å². The van der Waals surface area contributed by atoms with E-state index in [2.05, 4.69) is 24.0 Å². The van der Waals surface area contributed by atoms with Gasteiger partial charge in [-0.25, -0.2) is 0 Å². The SMILES string of the molecule is CCCCCC(C)c1nnc(N)s1. The number of rotatable bonds is 5. The minimum atomic E-state index is 0.515. The maximum Gasteiger partial charge on any atom is 0.203 e. The first-order chi connectivity index (χ1) is 6.24. The molecule has 4 heteroatoms.